The summed E-state index contributed by atoms with van der Waals surface area (Å²) in [6.45, 7) is 0.139. The van der Waals surface area contributed by atoms with E-state index in [0.29, 0.717) is 11.1 Å². The number of benzene rings is 2. The van der Waals surface area contributed by atoms with E-state index in [1.54, 1.807) is 24.3 Å². The van der Waals surface area contributed by atoms with Crippen LogP contribution in [0, 0.1) is 5.82 Å². The first-order valence-corrected chi connectivity index (χ1v) is 9.53. The quantitative estimate of drug-likeness (QED) is 0.769. The minimum absolute atomic E-state index is 0.132. The predicted octanol–water partition coefficient (Wildman–Crippen LogP) is 2.39. The van der Waals surface area contributed by atoms with Crippen molar-refractivity contribution in [2.45, 2.75) is 18.7 Å². The number of carbonyl (C=O) groups is 1. The van der Waals surface area contributed by atoms with Gasteiger partial charge in [0.2, 0.25) is 15.9 Å². The molecule has 2 N–H and O–H groups in total. The van der Waals surface area contributed by atoms with Crippen molar-refractivity contribution in [1.29, 1.82) is 0 Å². The Morgan fingerprint density at radius 2 is 1.80 bits per heavy atom. The highest BCUT2D eigenvalue weighted by Crippen LogP contribution is 2.19. The fraction of sp³-hybridized carbons (Fsp3) is 0.235. The molecular weight excluding hydrogens is 367 g/mol. The van der Waals surface area contributed by atoms with Gasteiger partial charge in [-0.15, -0.1) is 0 Å². The molecule has 0 aliphatic rings. The zero-order valence-electron chi connectivity index (χ0n) is 13.6. The van der Waals surface area contributed by atoms with Gasteiger partial charge < -0.3 is 5.32 Å². The molecule has 0 aliphatic carbocycles. The maximum Gasteiger partial charge on any atom is 0.224 e. The third kappa shape index (κ3) is 5.52. The third-order valence-corrected chi connectivity index (χ3v) is 5.32. The second-order valence-corrected chi connectivity index (χ2v) is 7.72. The highest BCUT2D eigenvalue weighted by molar-refractivity contribution is 7.88. The van der Waals surface area contributed by atoms with E-state index < -0.39 is 21.7 Å². The van der Waals surface area contributed by atoms with E-state index in [-0.39, 0.29) is 29.3 Å². The molecule has 2 aromatic carbocycles. The average Bonchev–Trinajstić information content (AvgIpc) is 2.57. The second-order valence-electron chi connectivity index (χ2n) is 5.39. The number of sulfonamides is 1. The van der Waals surface area contributed by atoms with Gasteiger partial charge in [0, 0.05) is 17.1 Å². The van der Waals surface area contributed by atoms with Crippen LogP contribution in [-0.2, 0) is 33.5 Å². The Labute approximate surface area is 151 Å². The largest absolute Gasteiger partial charge is 0.352 e. The van der Waals surface area contributed by atoms with Gasteiger partial charge in [-0.3, -0.25) is 4.79 Å². The number of hydrogen-bond donors (Lipinski definition) is 2. The van der Waals surface area contributed by atoms with E-state index in [1.807, 2.05) is 0 Å². The van der Waals surface area contributed by atoms with Gasteiger partial charge in [-0.1, -0.05) is 41.9 Å². The van der Waals surface area contributed by atoms with Crippen LogP contribution in [0.15, 0.2) is 42.5 Å². The number of hydrogen-bond acceptors (Lipinski definition) is 3. The van der Waals surface area contributed by atoms with E-state index in [9.17, 15) is 17.6 Å². The summed E-state index contributed by atoms with van der Waals surface area (Å²) in [4.78, 5) is 12.1. The lowest BCUT2D eigenvalue weighted by molar-refractivity contribution is -0.120. The van der Waals surface area contributed by atoms with E-state index in [1.165, 1.54) is 25.2 Å². The van der Waals surface area contributed by atoms with Crippen molar-refractivity contribution in [3.8, 4) is 0 Å². The Balaban J connectivity index is 2.05. The van der Waals surface area contributed by atoms with Crippen LogP contribution in [0.4, 0.5) is 4.39 Å². The zero-order chi connectivity index (χ0) is 18.4. The molecule has 0 saturated carbocycles. The summed E-state index contributed by atoms with van der Waals surface area (Å²) < 4.78 is 39.4. The highest BCUT2D eigenvalue weighted by atomic mass is 35.5. The van der Waals surface area contributed by atoms with Gasteiger partial charge in [0.15, 0.2) is 0 Å². The van der Waals surface area contributed by atoms with E-state index in [0.717, 1.165) is 0 Å². The topological polar surface area (TPSA) is 75.3 Å². The van der Waals surface area contributed by atoms with E-state index in [4.69, 9.17) is 11.6 Å². The molecular formula is C17H18ClFN2O3S. The molecule has 0 unspecified atom stereocenters. The lowest BCUT2D eigenvalue weighted by Crippen LogP contribution is -2.26. The average molecular weight is 385 g/mol. The molecule has 0 saturated heterocycles. The van der Waals surface area contributed by atoms with Crippen molar-refractivity contribution in [3.05, 3.63) is 70.0 Å². The van der Waals surface area contributed by atoms with E-state index >= 15 is 0 Å². The van der Waals surface area contributed by atoms with Crippen LogP contribution in [0.1, 0.15) is 16.7 Å². The van der Waals surface area contributed by atoms with Crippen molar-refractivity contribution >= 4 is 27.5 Å². The molecule has 0 aliphatic heterocycles. The Morgan fingerprint density at radius 3 is 2.44 bits per heavy atom. The van der Waals surface area contributed by atoms with Gasteiger partial charge in [0.1, 0.15) is 5.82 Å². The van der Waals surface area contributed by atoms with E-state index in [2.05, 4.69) is 10.0 Å². The molecule has 0 radical (unpaired) electrons. The SMILES string of the molecule is CNS(=O)(=O)Cc1ccccc1CNC(=O)Cc1c(F)cccc1Cl. The minimum atomic E-state index is -3.42. The second kappa shape index (κ2) is 8.42. The van der Waals surface area contributed by atoms with Crippen LogP contribution in [0.3, 0.4) is 0 Å². The summed E-state index contributed by atoms with van der Waals surface area (Å²) in [7, 11) is -2.08. The molecule has 0 fully saturated rings. The lowest BCUT2D eigenvalue weighted by atomic mass is 10.1. The maximum absolute atomic E-state index is 13.7. The summed E-state index contributed by atoms with van der Waals surface area (Å²) in [5, 5.41) is 2.86. The number of carbonyl (C=O) groups excluding carboxylic acids is 1. The van der Waals surface area contributed by atoms with Crippen molar-refractivity contribution < 1.29 is 17.6 Å². The maximum atomic E-state index is 13.7. The molecule has 134 valence electrons. The molecule has 0 atom stereocenters. The Hall–Kier alpha value is -1.96. The fourth-order valence-corrected chi connectivity index (χ4v) is 3.33. The summed E-state index contributed by atoms with van der Waals surface area (Å²) in [6, 6.07) is 11.1. The molecule has 8 heteroatoms. The van der Waals surface area contributed by atoms with Crippen molar-refractivity contribution in [3.63, 3.8) is 0 Å². The van der Waals surface area contributed by atoms with Gasteiger partial charge in [-0.2, -0.15) is 0 Å². The molecule has 0 aromatic heterocycles. The zero-order valence-corrected chi connectivity index (χ0v) is 15.1. The monoisotopic (exact) mass is 384 g/mol. The van der Waals surface area contributed by atoms with Crippen LogP contribution in [-0.4, -0.2) is 21.4 Å². The van der Waals surface area contributed by atoms with Gasteiger partial charge in [-0.25, -0.2) is 17.5 Å². The molecule has 0 spiro atoms. The first kappa shape index (κ1) is 19.4. The summed E-state index contributed by atoms with van der Waals surface area (Å²) >= 11 is 5.91. The number of halogens is 2. The van der Waals surface area contributed by atoms with Crippen LogP contribution in [0.5, 0.6) is 0 Å². The molecule has 25 heavy (non-hydrogen) atoms. The van der Waals surface area contributed by atoms with Gasteiger partial charge in [0.05, 0.1) is 12.2 Å². The van der Waals surface area contributed by atoms with Crippen molar-refractivity contribution in [2.24, 2.45) is 0 Å². The Morgan fingerprint density at radius 1 is 1.12 bits per heavy atom. The van der Waals surface area contributed by atoms with Gasteiger partial charge >= 0.3 is 0 Å². The molecule has 1 amide bonds. The Kier molecular flexibility index (Phi) is 6.52. The first-order valence-electron chi connectivity index (χ1n) is 7.50. The highest BCUT2D eigenvalue weighted by Gasteiger charge is 2.14. The predicted molar refractivity (Wildman–Crippen MR) is 95.1 cm³/mol. The van der Waals surface area contributed by atoms with Crippen LogP contribution < -0.4 is 10.0 Å². The van der Waals surface area contributed by atoms with Gasteiger partial charge in [0.25, 0.3) is 0 Å². The Bertz CT molecular complexity index is 852. The smallest absolute Gasteiger partial charge is 0.224 e. The molecule has 2 rings (SSSR count). The lowest BCUT2D eigenvalue weighted by Gasteiger charge is -2.11. The molecule has 0 bridgehead atoms. The summed E-state index contributed by atoms with van der Waals surface area (Å²) in [5.41, 5.74) is 1.39. The van der Waals surface area contributed by atoms with Crippen molar-refractivity contribution in [2.75, 3.05) is 7.05 Å². The normalized spacial score (nSPS) is 11.3. The summed E-state index contributed by atoms with van der Waals surface area (Å²) in [5.74, 6) is -1.13. The van der Waals surface area contributed by atoms with Crippen LogP contribution in [0.25, 0.3) is 0 Å². The number of rotatable bonds is 7. The van der Waals surface area contributed by atoms with Crippen LogP contribution >= 0.6 is 11.6 Å². The van der Waals surface area contributed by atoms with Gasteiger partial charge in [-0.05, 0) is 30.3 Å². The summed E-state index contributed by atoms with van der Waals surface area (Å²) in [6.07, 6.45) is -0.192. The third-order valence-electron chi connectivity index (χ3n) is 3.65. The van der Waals surface area contributed by atoms with Crippen LogP contribution in [0.2, 0.25) is 5.02 Å². The standard InChI is InChI=1S/C17H18ClFN2O3S/c1-20-25(23,24)11-13-6-3-2-5-12(13)10-21-17(22)9-14-15(18)7-4-8-16(14)19/h2-8,20H,9-11H2,1H3,(H,21,22). The fourth-order valence-electron chi connectivity index (χ4n) is 2.27. The van der Waals surface area contributed by atoms with Crippen molar-refractivity contribution in [1.82, 2.24) is 10.0 Å². The number of nitrogens with one attached hydrogen (secondary N) is 2. The first-order chi connectivity index (χ1) is 11.8. The molecule has 2 aromatic rings. The number of amides is 1. The molecule has 0 heterocycles. The minimum Gasteiger partial charge on any atom is -0.352 e. The molecule has 5 nitrogen and oxygen atoms in total.